The maximum atomic E-state index is 11.2. The first-order valence-corrected chi connectivity index (χ1v) is 6.51. The highest BCUT2D eigenvalue weighted by Crippen LogP contribution is 2.25. The van der Waals surface area contributed by atoms with Crippen LogP contribution < -0.4 is 5.32 Å². The van der Waals surface area contributed by atoms with Gasteiger partial charge in [0.2, 0.25) is 0 Å². The minimum atomic E-state index is -1.20. The summed E-state index contributed by atoms with van der Waals surface area (Å²) in [5.74, 6) is -1.20. The van der Waals surface area contributed by atoms with Crippen LogP contribution in [0.5, 0.6) is 0 Å². The van der Waals surface area contributed by atoms with Crippen LogP contribution in [0.25, 0.3) is 0 Å². The van der Waals surface area contributed by atoms with Gasteiger partial charge in [-0.25, -0.2) is 4.79 Å². The summed E-state index contributed by atoms with van der Waals surface area (Å²) >= 11 is 0. The van der Waals surface area contributed by atoms with Crippen molar-refractivity contribution in [2.45, 2.75) is 20.3 Å². The molecule has 0 bridgehead atoms. The van der Waals surface area contributed by atoms with E-state index >= 15 is 0 Å². The van der Waals surface area contributed by atoms with Crippen molar-refractivity contribution in [3.05, 3.63) is 33.9 Å². The Morgan fingerprint density at radius 1 is 1.48 bits per heavy atom. The molecule has 0 aliphatic rings. The topological polar surface area (TPSA) is 102 Å². The Bertz CT molecular complexity index is 528. The number of aromatic carboxylic acids is 1. The molecule has 1 aromatic carbocycles. The molecule has 0 radical (unpaired) electrons. The van der Waals surface area contributed by atoms with Gasteiger partial charge in [-0.1, -0.05) is 13.8 Å². The fourth-order valence-corrected chi connectivity index (χ4v) is 1.78. The number of hydrogen-bond acceptors (Lipinski definition) is 5. The average Bonchev–Trinajstić information content (AvgIpc) is 2.42. The predicted molar refractivity (Wildman–Crippen MR) is 78.8 cm³/mol. The fourth-order valence-electron chi connectivity index (χ4n) is 1.78. The zero-order valence-corrected chi connectivity index (χ0v) is 12.4. The molecule has 0 saturated carbocycles. The lowest BCUT2D eigenvalue weighted by Crippen LogP contribution is -2.25. The number of nitro benzene ring substituents is 1. The first kappa shape index (κ1) is 16.9. The molecule has 0 fully saturated rings. The van der Waals surface area contributed by atoms with E-state index in [-0.39, 0.29) is 16.7 Å². The smallest absolute Gasteiger partial charge is 0.338 e. The van der Waals surface area contributed by atoms with Crippen molar-refractivity contribution in [3.63, 3.8) is 0 Å². The minimum Gasteiger partial charge on any atom is -0.478 e. The quantitative estimate of drug-likeness (QED) is 0.565. The van der Waals surface area contributed by atoms with E-state index in [0.717, 1.165) is 12.5 Å². The van der Waals surface area contributed by atoms with E-state index in [9.17, 15) is 14.9 Å². The number of benzene rings is 1. The monoisotopic (exact) mass is 296 g/mol. The second kappa shape index (κ2) is 7.03. The molecule has 0 aromatic heterocycles. The summed E-state index contributed by atoms with van der Waals surface area (Å²) in [5, 5.41) is 22.9. The van der Waals surface area contributed by atoms with Gasteiger partial charge in [-0.15, -0.1) is 0 Å². The molecule has 21 heavy (non-hydrogen) atoms. The number of carboxylic acid groups (broad SMARTS) is 1. The summed E-state index contributed by atoms with van der Waals surface area (Å²) in [5.41, 5.74) is -0.0602. The third-order valence-corrected chi connectivity index (χ3v) is 3.18. The molecule has 1 rings (SSSR count). The van der Waals surface area contributed by atoms with Crippen LogP contribution in [0.15, 0.2) is 18.2 Å². The number of carbonyl (C=O) groups is 1. The number of rotatable bonds is 8. The van der Waals surface area contributed by atoms with Crippen molar-refractivity contribution in [3.8, 4) is 0 Å². The van der Waals surface area contributed by atoms with E-state index in [1.165, 1.54) is 12.1 Å². The molecular weight excluding hydrogens is 276 g/mol. The third-order valence-electron chi connectivity index (χ3n) is 3.18. The number of anilines is 1. The summed E-state index contributed by atoms with van der Waals surface area (Å²) in [4.78, 5) is 21.3. The lowest BCUT2D eigenvalue weighted by molar-refractivity contribution is -0.384. The average molecular weight is 296 g/mol. The Balaban J connectivity index is 2.88. The molecule has 1 aromatic rings. The molecule has 0 amide bonds. The number of ether oxygens (including phenoxy) is 1. The van der Waals surface area contributed by atoms with Gasteiger partial charge >= 0.3 is 5.97 Å². The number of nitro groups is 1. The van der Waals surface area contributed by atoms with E-state index in [2.05, 4.69) is 5.32 Å². The van der Waals surface area contributed by atoms with Crippen LogP contribution in [0.2, 0.25) is 0 Å². The molecule has 0 atom stereocenters. The van der Waals surface area contributed by atoms with Crippen LogP contribution in [0.4, 0.5) is 11.4 Å². The zero-order valence-electron chi connectivity index (χ0n) is 12.4. The molecular formula is C14H20N2O5. The maximum absolute atomic E-state index is 11.2. The molecule has 7 nitrogen and oxygen atoms in total. The van der Waals surface area contributed by atoms with Gasteiger partial charge in [0.1, 0.15) is 0 Å². The van der Waals surface area contributed by atoms with Gasteiger partial charge < -0.3 is 15.2 Å². The van der Waals surface area contributed by atoms with Crippen molar-refractivity contribution in [2.24, 2.45) is 5.41 Å². The van der Waals surface area contributed by atoms with Crippen molar-refractivity contribution >= 4 is 17.3 Å². The van der Waals surface area contributed by atoms with Crippen LogP contribution in [0.1, 0.15) is 30.6 Å². The van der Waals surface area contributed by atoms with Gasteiger partial charge in [0.25, 0.3) is 5.69 Å². The standard InChI is InChI=1S/C14H20N2O5/c1-14(2,6-7-21-3)9-15-12-5-4-10(16(19)20)8-11(12)13(17)18/h4-5,8,15H,6-7,9H2,1-3H3,(H,17,18). The van der Waals surface area contributed by atoms with Crippen molar-refractivity contribution < 1.29 is 19.6 Å². The van der Waals surface area contributed by atoms with Gasteiger partial charge in [0, 0.05) is 38.1 Å². The normalized spacial score (nSPS) is 11.2. The van der Waals surface area contributed by atoms with Crippen LogP contribution in [-0.2, 0) is 4.74 Å². The van der Waals surface area contributed by atoms with Crippen LogP contribution in [0, 0.1) is 15.5 Å². The van der Waals surface area contributed by atoms with E-state index in [4.69, 9.17) is 9.84 Å². The fraction of sp³-hybridized carbons (Fsp3) is 0.500. The Morgan fingerprint density at radius 3 is 2.67 bits per heavy atom. The van der Waals surface area contributed by atoms with Gasteiger partial charge in [-0.05, 0) is 17.9 Å². The zero-order chi connectivity index (χ0) is 16.0. The second-order valence-corrected chi connectivity index (χ2v) is 5.55. The highest BCUT2D eigenvalue weighted by atomic mass is 16.6. The van der Waals surface area contributed by atoms with E-state index in [1.54, 1.807) is 7.11 Å². The molecule has 0 unspecified atom stereocenters. The lowest BCUT2D eigenvalue weighted by Gasteiger charge is -2.25. The molecule has 0 aliphatic heterocycles. The minimum absolute atomic E-state index is 0.0897. The van der Waals surface area contributed by atoms with E-state index < -0.39 is 10.9 Å². The Morgan fingerprint density at radius 2 is 2.14 bits per heavy atom. The summed E-state index contributed by atoms with van der Waals surface area (Å²) in [6.45, 7) is 5.21. The molecule has 0 heterocycles. The van der Waals surface area contributed by atoms with E-state index in [1.807, 2.05) is 13.8 Å². The van der Waals surface area contributed by atoms with Crippen molar-refractivity contribution in [2.75, 3.05) is 25.6 Å². The van der Waals surface area contributed by atoms with E-state index in [0.29, 0.717) is 18.8 Å². The highest BCUT2D eigenvalue weighted by Gasteiger charge is 2.20. The number of nitrogens with one attached hydrogen (secondary N) is 1. The van der Waals surface area contributed by atoms with Crippen LogP contribution >= 0.6 is 0 Å². The Labute approximate surface area is 123 Å². The highest BCUT2D eigenvalue weighted by molar-refractivity contribution is 5.95. The number of non-ortho nitro benzene ring substituents is 1. The van der Waals surface area contributed by atoms with Gasteiger partial charge in [-0.2, -0.15) is 0 Å². The van der Waals surface area contributed by atoms with Gasteiger partial charge in [0.15, 0.2) is 0 Å². The summed E-state index contributed by atoms with van der Waals surface area (Å²) in [6, 6.07) is 3.78. The first-order valence-electron chi connectivity index (χ1n) is 6.51. The number of carboxylic acids is 1. The SMILES string of the molecule is COCCC(C)(C)CNc1ccc([N+](=O)[O-])cc1C(=O)O. The first-order chi connectivity index (χ1) is 9.76. The largest absolute Gasteiger partial charge is 0.478 e. The third kappa shape index (κ3) is 5.03. The van der Waals surface area contributed by atoms with Crippen molar-refractivity contribution in [1.29, 1.82) is 0 Å². The number of hydrogen-bond donors (Lipinski definition) is 2. The summed E-state index contributed by atoms with van der Waals surface area (Å²) in [6.07, 6.45) is 0.811. The van der Waals surface area contributed by atoms with Gasteiger partial charge in [-0.3, -0.25) is 10.1 Å². The molecule has 0 saturated heterocycles. The molecule has 0 aliphatic carbocycles. The van der Waals surface area contributed by atoms with Crippen LogP contribution in [0.3, 0.4) is 0 Å². The molecule has 116 valence electrons. The second-order valence-electron chi connectivity index (χ2n) is 5.55. The Hall–Kier alpha value is -2.15. The summed E-state index contributed by atoms with van der Waals surface area (Å²) < 4.78 is 5.04. The Kier molecular flexibility index (Phi) is 5.66. The van der Waals surface area contributed by atoms with Crippen molar-refractivity contribution in [1.82, 2.24) is 0 Å². The van der Waals surface area contributed by atoms with Crippen LogP contribution in [-0.4, -0.2) is 36.3 Å². The maximum Gasteiger partial charge on any atom is 0.338 e. The van der Waals surface area contributed by atoms with Gasteiger partial charge in [0.05, 0.1) is 10.5 Å². The number of nitrogens with zero attached hydrogens (tertiary/aromatic N) is 1. The molecule has 2 N–H and O–H groups in total. The predicted octanol–water partition coefficient (Wildman–Crippen LogP) is 2.77. The summed E-state index contributed by atoms with van der Waals surface area (Å²) in [7, 11) is 1.63. The molecule has 0 spiro atoms. The molecule has 7 heteroatoms. The number of methoxy groups -OCH3 is 1. The lowest BCUT2D eigenvalue weighted by atomic mass is 9.89.